The maximum atomic E-state index is 12.2. The van der Waals surface area contributed by atoms with E-state index in [0.717, 1.165) is 11.3 Å². The molecule has 2 heterocycles. The van der Waals surface area contributed by atoms with Gasteiger partial charge in [-0.2, -0.15) is 0 Å². The van der Waals surface area contributed by atoms with E-state index in [4.69, 9.17) is 23.2 Å². The lowest BCUT2D eigenvalue weighted by Gasteiger charge is -2.09. The van der Waals surface area contributed by atoms with Gasteiger partial charge < -0.3 is 10.6 Å². The van der Waals surface area contributed by atoms with Crippen LogP contribution in [-0.2, 0) is 0 Å². The van der Waals surface area contributed by atoms with Gasteiger partial charge in [0.25, 0.3) is 5.91 Å². The van der Waals surface area contributed by atoms with E-state index in [1.165, 1.54) is 0 Å². The van der Waals surface area contributed by atoms with Gasteiger partial charge in [-0.25, -0.2) is 9.97 Å². The van der Waals surface area contributed by atoms with E-state index >= 15 is 0 Å². The molecule has 2 aromatic heterocycles. The fraction of sp³-hybridized carbons (Fsp3) is 0.158. The smallest absolute Gasteiger partial charge is 0.254 e. The number of carbonyl (C=O) groups excluding carboxylic acids is 1. The Morgan fingerprint density at radius 2 is 1.81 bits per heavy atom. The highest BCUT2D eigenvalue weighted by Crippen LogP contribution is 2.23. The number of amides is 1. The molecule has 3 aromatic rings. The van der Waals surface area contributed by atoms with Crippen molar-refractivity contribution < 1.29 is 4.79 Å². The van der Waals surface area contributed by atoms with Gasteiger partial charge in [0.1, 0.15) is 0 Å². The van der Waals surface area contributed by atoms with Gasteiger partial charge in [-0.05, 0) is 36.8 Å². The number of aromatic nitrogens is 3. The molecule has 0 aliphatic rings. The van der Waals surface area contributed by atoms with E-state index in [-0.39, 0.29) is 5.91 Å². The first-order valence-corrected chi connectivity index (χ1v) is 9.10. The van der Waals surface area contributed by atoms with Gasteiger partial charge >= 0.3 is 0 Å². The summed E-state index contributed by atoms with van der Waals surface area (Å²) in [5.74, 6) is 0.234. The fourth-order valence-electron chi connectivity index (χ4n) is 2.41. The van der Waals surface area contributed by atoms with Crippen molar-refractivity contribution in [1.29, 1.82) is 0 Å². The molecule has 0 atom stereocenters. The highest BCUT2D eigenvalue weighted by molar-refractivity contribution is 6.39. The Hall–Kier alpha value is -2.70. The molecule has 1 aromatic carbocycles. The number of carbonyl (C=O) groups is 1. The standard InChI is InChI=1S/C19H17Cl2N5O/c20-14-5-1-6-15(21)17(14)18(27)23-9-3-10-24-19-25-11-7-16(26-19)13-4-2-8-22-12-13/h1-2,4-8,11-12H,3,9-10H2,(H,23,27)(H,24,25,26). The summed E-state index contributed by atoms with van der Waals surface area (Å²) in [6, 6.07) is 10.6. The van der Waals surface area contributed by atoms with Crippen LogP contribution in [0.4, 0.5) is 5.95 Å². The second-order valence-corrected chi connectivity index (χ2v) is 6.45. The van der Waals surface area contributed by atoms with Crippen LogP contribution in [0.3, 0.4) is 0 Å². The van der Waals surface area contributed by atoms with E-state index in [1.54, 1.807) is 36.8 Å². The van der Waals surface area contributed by atoms with Crippen LogP contribution in [0.2, 0.25) is 10.0 Å². The van der Waals surface area contributed by atoms with Gasteiger partial charge in [-0.1, -0.05) is 29.3 Å². The van der Waals surface area contributed by atoms with Crippen LogP contribution < -0.4 is 10.6 Å². The third-order valence-electron chi connectivity index (χ3n) is 3.72. The van der Waals surface area contributed by atoms with Crippen LogP contribution in [0.25, 0.3) is 11.3 Å². The maximum absolute atomic E-state index is 12.2. The Morgan fingerprint density at radius 3 is 2.56 bits per heavy atom. The highest BCUT2D eigenvalue weighted by atomic mass is 35.5. The molecule has 27 heavy (non-hydrogen) atoms. The molecule has 0 saturated heterocycles. The van der Waals surface area contributed by atoms with Gasteiger partial charge in [0.2, 0.25) is 5.95 Å². The molecule has 0 fully saturated rings. The van der Waals surface area contributed by atoms with Gasteiger partial charge in [0.05, 0.1) is 21.3 Å². The minimum Gasteiger partial charge on any atom is -0.354 e. The Labute approximate surface area is 167 Å². The topological polar surface area (TPSA) is 79.8 Å². The molecule has 0 radical (unpaired) electrons. The summed E-state index contributed by atoms with van der Waals surface area (Å²) in [6.07, 6.45) is 5.85. The zero-order chi connectivity index (χ0) is 19.1. The number of nitrogens with one attached hydrogen (secondary N) is 2. The van der Waals surface area contributed by atoms with Crippen LogP contribution in [0.1, 0.15) is 16.8 Å². The first-order valence-electron chi connectivity index (χ1n) is 8.34. The first-order chi connectivity index (χ1) is 13.1. The van der Waals surface area contributed by atoms with Crippen molar-refractivity contribution in [2.24, 2.45) is 0 Å². The molecule has 0 unspecified atom stereocenters. The number of benzene rings is 1. The molecule has 1 amide bonds. The van der Waals surface area contributed by atoms with Gasteiger partial charge in [-0.15, -0.1) is 0 Å². The monoisotopic (exact) mass is 401 g/mol. The fourth-order valence-corrected chi connectivity index (χ4v) is 2.98. The summed E-state index contributed by atoms with van der Waals surface area (Å²) in [5.41, 5.74) is 2.01. The van der Waals surface area contributed by atoms with Crippen molar-refractivity contribution in [3.63, 3.8) is 0 Å². The Bertz CT molecular complexity index is 901. The number of hydrogen-bond donors (Lipinski definition) is 2. The Morgan fingerprint density at radius 1 is 1.00 bits per heavy atom. The van der Waals surface area contributed by atoms with Crippen LogP contribution in [0.5, 0.6) is 0 Å². The predicted octanol–water partition coefficient (Wildman–Crippen LogP) is 4.08. The molecule has 6 nitrogen and oxygen atoms in total. The molecule has 2 N–H and O–H groups in total. The van der Waals surface area contributed by atoms with Crippen LogP contribution in [0.15, 0.2) is 55.0 Å². The van der Waals surface area contributed by atoms with Gasteiger partial charge in [-0.3, -0.25) is 9.78 Å². The van der Waals surface area contributed by atoms with E-state index in [0.29, 0.717) is 41.1 Å². The predicted molar refractivity (Wildman–Crippen MR) is 107 cm³/mol. The van der Waals surface area contributed by atoms with E-state index in [9.17, 15) is 4.79 Å². The Kier molecular flexibility index (Phi) is 6.57. The van der Waals surface area contributed by atoms with Gasteiger partial charge in [0, 0.05) is 37.2 Å². The molecule has 0 aliphatic heterocycles. The molecule has 8 heteroatoms. The van der Waals surface area contributed by atoms with Crippen molar-refractivity contribution in [1.82, 2.24) is 20.3 Å². The van der Waals surface area contributed by atoms with Crippen molar-refractivity contribution in [3.05, 3.63) is 70.6 Å². The summed E-state index contributed by atoms with van der Waals surface area (Å²) in [7, 11) is 0. The minimum absolute atomic E-state index is 0.291. The van der Waals surface area contributed by atoms with Crippen LogP contribution in [-0.4, -0.2) is 33.9 Å². The molecule has 0 bridgehead atoms. The molecule has 0 aliphatic carbocycles. The largest absolute Gasteiger partial charge is 0.354 e. The molecular formula is C19H17Cl2N5O. The zero-order valence-corrected chi connectivity index (χ0v) is 15.8. The average Bonchev–Trinajstić information content (AvgIpc) is 2.68. The summed E-state index contributed by atoms with van der Waals surface area (Å²) < 4.78 is 0. The lowest BCUT2D eigenvalue weighted by atomic mass is 10.2. The summed E-state index contributed by atoms with van der Waals surface area (Å²) in [5, 5.41) is 6.62. The van der Waals surface area contributed by atoms with E-state index < -0.39 is 0 Å². The van der Waals surface area contributed by atoms with Crippen molar-refractivity contribution in [3.8, 4) is 11.3 Å². The number of hydrogen-bond acceptors (Lipinski definition) is 5. The zero-order valence-electron chi connectivity index (χ0n) is 14.3. The first kappa shape index (κ1) is 19.1. The third kappa shape index (κ3) is 5.15. The number of halogens is 2. The molecule has 3 rings (SSSR count). The third-order valence-corrected chi connectivity index (χ3v) is 4.35. The molecule has 0 spiro atoms. The SMILES string of the molecule is O=C(NCCCNc1nccc(-c2cccnc2)n1)c1c(Cl)cccc1Cl. The minimum atomic E-state index is -0.291. The lowest BCUT2D eigenvalue weighted by molar-refractivity contribution is 0.0954. The van der Waals surface area contributed by atoms with Crippen LogP contribution in [0, 0.1) is 0 Å². The number of anilines is 1. The lowest BCUT2D eigenvalue weighted by Crippen LogP contribution is -2.26. The number of nitrogens with zero attached hydrogens (tertiary/aromatic N) is 3. The summed E-state index contributed by atoms with van der Waals surface area (Å²) in [6.45, 7) is 1.07. The number of rotatable bonds is 7. The van der Waals surface area contributed by atoms with Crippen molar-refractivity contribution in [2.75, 3.05) is 18.4 Å². The normalized spacial score (nSPS) is 10.4. The molecule has 0 saturated carbocycles. The van der Waals surface area contributed by atoms with E-state index in [2.05, 4.69) is 25.6 Å². The van der Waals surface area contributed by atoms with Crippen LogP contribution >= 0.6 is 23.2 Å². The molecule has 138 valence electrons. The van der Waals surface area contributed by atoms with Crippen molar-refractivity contribution >= 4 is 35.1 Å². The van der Waals surface area contributed by atoms with Crippen molar-refractivity contribution in [2.45, 2.75) is 6.42 Å². The van der Waals surface area contributed by atoms with Gasteiger partial charge in [0.15, 0.2) is 0 Å². The quantitative estimate of drug-likeness (QED) is 0.583. The second kappa shape index (κ2) is 9.30. The maximum Gasteiger partial charge on any atom is 0.254 e. The van der Waals surface area contributed by atoms with E-state index in [1.807, 2.05) is 18.2 Å². The highest BCUT2D eigenvalue weighted by Gasteiger charge is 2.13. The average molecular weight is 402 g/mol. The molecular weight excluding hydrogens is 385 g/mol. The second-order valence-electron chi connectivity index (χ2n) is 5.64. The summed E-state index contributed by atoms with van der Waals surface area (Å²) in [4.78, 5) is 24.9. The summed E-state index contributed by atoms with van der Waals surface area (Å²) >= 11 is 12.1. The Balaban J connectivity index is 1.48. The number of pyridine rings is 1.